The van der Waals surface area contributed by atoms with Gasteiger partial charge in [0.1, 0.15) is 11.4 Å². The predicted molar refractivity (Wildman–Crippen MR) is 114 cm³/mol. The molecule has 3 aromatic rings. The van der Waals surface area contributed by atoms with E-state index in [0.717, 1.165) is 22.6 Å². The molecule has 0 bridgehead atoms. The molecule has 0 radical (unpaired) electrons. The molecule has 2 aromatic carbocycles. The molecule has 0 spiro atoms. The molecule has 154 valence electrons. The van der Waals surface area contributed by atoms with Crippen LogP contribution in [0.5, 0.6) is 5.75 Å². The van der Waals surface area contributed by atoms with Gasteiger partial charge < -0.3 is 14.5 Å². The van der Waals surface area contributed by atoms with Crippen LogP contribution in [0, 0.1) is 0 Å². The normalized spacial score (nSPS) is 15.5. The van der Waals surface area contributed by atoms with E-state index < -0.39 is 5.97 Å². The third-order valence-corrected chi connectivity index (χ3v) is 5.65. The van der Waals surface area contributed by atoms with Crippen LogP contribution in [0.4, 0.5) is 0 Å². The van der Waals surface area contributed by atoms with Gasteiger partial charge in [0.15, 0.2) is 5.78 Å². The Kier molecular flexibility index (Phi) is 5.70. The second kappa shape index (κ2) is 8.57. The highest BCUT2D eigenvalue weighted by Gasteiger charge is 2.34. The Balaban J connectivity index is 1.77. The number of benzene rings is 2. The van der Waals surface area contributed by atoms with Crippen molar-refractivity contribution in [2.45, 2.75) is 32.1 Å². The number of fused-ring (bicyclic) bond motifs is 1. The first-order chi connectivity index (χ1) is 14.6. The lowest BCUT2D eigenvalue weighted by molar-refractivity contribution is 0.0519. The van der Waals surface area contributed by atoms with Crippen molar-refractivity contribution in [3.63, 3.8) is 0 Å². The number of carbonyl (C=O) groups excluding carboxylic acids is 2. The summed E-state index contributed by atoms with van der Waals surface area (Å²) in [5.74, 6) is 0.453. The predicted octanol–water partition coefficient (Wildman–Crippen LogP) is 4.70. The summed E-state index contributed by atoms with van der Waals surface area (Å²) in [4.78, 5) is 29.2. The van der Waals surface area contributed by atoms with E-state index in [-0.39, 0.29) is 18.3 Å². The molecule has 1 atom stereocenters. The topological polar surface area (TPSA) is 68.4 Å². The molecule has 0 amide bonds. The summed E-state index contributed by atoms with van der Waals surface area (Å²) >= 11 is 0. The van der Waals surface area contributed by atoms with E-state index in [4.69, 9.17) is 9.47 Å². The molecule has 1 aromatic heterocycles. The molecule has 4 rings (SSSR count). The first-order valence-corrected chi connectivity index (χ1v) is 10.2. The number of hydrogen-bond acceptors (Lipinski definition) is 4. The van der Waals surface area contributed by atoms with Gasteiger partial charge in [-0.15, -0.1) is 0 Å². The Bertz CT molecular complexity index is 1070. The van der Waals surface area contributed by atoms with E-state index in [0.29, 0.717) is 36.1 Å². The number of Topliss-reactive ketones (excluding diaryl/α,β-unsaturated/α-hetero) is 1. The standard InChI is InChI=1S/C25H25NO4/c1-3-30-25(28)24-19(13-17-11-7-8-12-22(17)29-2)23-20(26-24)14-18(15-21(23)27)16-9-5-4-6-10-16/h4-12,18,26H,3,13-15H2,1-2H3/t18-/m1/s1. The van der Waals surface area contributed by atoms with Gasteiger partial charge in [-0.3, -0.25) is 4.79 Å². The minimum atomic E-state index is -0.430. The van der Waals surface area contributed by atoms with E-state index in [1.165, 1.54) is 0 Å². The third kappa shape index (κ3) is 3.75. The highest BCUT2D eigenvalue weighted by Crippen LogP contribution is 2.37. The summed E-state index contributed by atoms with van der Waals surface area (Å²) in [7, 11) is 1.62. The Labute approximate surface area is 176 Å². The fourth-order valence-electron chi connectivity index (χ4n) is 4.28. The van der Waals surface area contributed by atoms with E-state index in [9.17, 15) is 9.59 Å². The first kappa shape index (κ1) is 20.0. The van der Waals surface area contributed by atoms with E-state index in [1.807, 2.05) is 54.6 Å². The van der Waals surface area contributed by atoms with Crippen molar-refractivity contribution in [3.8, 4) is 5.75 Å². The quantitative estimate of drug-likeness (QED) is 0.606. The number of aromatic amines is 1. The molecular weight excluding hydrogens is 378 g/mol. The fourth-order valence-corrected chi connectivity index (χ4v) is 4.28. The van der Waals surface area contributed by atoms with Crippen molar-refractivity contribution in [2.75, 3.05) is 13.7 Å². The number of H-pyrrole nitrogens is 1. The minimum Gasteiger partial charge on any atom is -0.496 e. The molecule has 1 aliphatic carbocycles. The third-order valence-electron chi connectivity index (χ3n) is 5.65. The highest BCUT2D eigenvalue weighted by atomic mass is 16.5. The summed E-state index contributed by atoms with van der Waals surface area (Å²) in [6.07, 6.45) is 1.53. The summed E-state index contributed by atoms with van der Waals surface area (Å²) < 4.78 is 10.8. The largest absolute Gasteiger partial charge is 0.496 e. The van der Waals surface area contributed by atoms with Crippen LogP contribution in [0.3, 0.4) is 0 Å². The van der Waals surface area contributed by atoms with Crippen molar-refractivity contribution in [3.05, 3.63) is 88.2 Å². The zero-order valence-corrected chi connectivity index (χ0v) is 17.2. The first-order valence-electron chi connectivity index (χ1n) is 10.2. The average molecular weight is 403 g/mol. The average Bonchev–Trinajstić information content (AvgIpc) is 3.14. The van der Waals surface area contributed by atoms with Crippen LogP contribution in [0.1, 0.15) is 62.5 Å². The van der Waals surface area contributed by atoms with Crippen LogP contribution in [0.15, 0.2) is 54.6 Å². The molecule has 30 heavy (non-hydrogen) atoms. The molecule has 1 heterocycles. The zero-order valence-electron chi connectivity index (χ0n) is 17.2. The molecule has 0 saturated heterocycles. The number of hydrogen-bond donors (Lipinski definition) is 1. The second-order valence-corrected chi connectivity index (χ2v) is 7.48. The number of carbonyl (C=O) groups is 2. The van der Waals surface area contributed by atoms with Gasteiger partial charge in [-0.1, -0.05) is 48.5 Å². The lowest BCUT2D eigenvalue weighted by atomic mass is 9.80. The summed E-state index contributed by atoms with van der Waals surface area (Å²) in [6, 6.07) is 17.7. The molecular formula is C25H25NO4. The van der Waals surface area contributed by atoms with Crippen molar-refractivity contribution in [1.29, 1.82) is 0 Å². The maximum Gasteiger partial charge on any atom is 0.355 e. The molecule has 1 aliphatic rings. The lowest BCUT2D eigenvalue weighted by Gasteiger charge is -2.22. The molecule has 0 fully saturated rings. The second-order valence-electron chi connectivity index (χ2n) is 7.48. The SMILES string of the molecule is CCOC(=O)c1[nH]c2c(c1Cc1ccccc1OC)C(=O)C[C@H](c1ccccc1)C2. The number of para-hydroxylation sites is 1. The van der Waals surface area contributed by atoms with Crippen molar-refractivity contribution < 1.29 is 19.1 Å². The van der Waals surface area contributed by atoms with Gasteiger partial charge >= 0.3 is 5.97 Å². The number of nitrogens with one attached hydrogen (secondary N) is 1. The Morgan fingerprint density at radius 1 is 1.07 bits per heavy atom. The number of rotatable bonds is 6. The van der Waals surface area contributed by atoms with E-state index >= 15 is 0 Å². The maximum atomic E-state index is 13.2. The molecule has 1 N–H and O–H groups in total. The van der Waals surface area contributed by atoms with Gasteiger partial charge in [-0.25, -0.2) is 4.79 Å². The summed E-state index contributed by atoms with van der Waals surface area (Å²) in [5, 5.41) is 0. The Morgan fingerprint density at radius 2 is 1.80 bits per heavy atom. The molecule has 0 aliphatic heterocycles. The number of ketones is 1. The number of ether oxygens (including phenoxy) is 2. The fraction of sp³-hybridized carbons (Fsp3) is 0.280. The van der Waals surface area contributed by atoms with Gasteiger partial charge in [0.25, 0.3) is 0 Å². The number of methoxy groups -OCH3 is 1. The monoisotopic (exact) mass is 403 g/mol. The summed E-state index contributed by atoms with van der Waals surface area (Å²) in [5.41, 5.74) is 4.57. The van der Waals surface area contributed by atoms with E-state index in [2.05, 4.69) is 4.98 Å². The summed E-state index contributed by atoms with van der Waals surface area (Å²) in [6.45, 7) is 2.05. The molecule has 5 heteroatoms. The van der Waals surface area contributed by atoms with Crippen LogP contribution in [0.2, 0.25) is 0 Å². The number of esters is 1. The van der Waals surface area contributed by atoms with Crippen LogP contribution in [-0.2, 0) is 17.6 Å². The Morgan fingerprint density at radius 3 is 2.53 bits per heavy atom. The van der Waals surface area contributed by atoms with Crippen LogP contribution >= 0.6 is 0 Å². The van der Waals surface area contributed by atoms with Gasteiger partial charge in [0, 0.05) is 29.7 Å². The van der Waals surface area contributed by atoms with Gasteiger partial charge in [-0.2, -0.15) is 0 Å². The van der Waals surface area contributed by atoms with Crippen LogP contribution in [0.25, 0.3) is 0 Å². The Hall–Kier alpha value is -3.34. The van der Waals surface area contributed by atoms with Gasteiger partial charge in [0.05, 0.1) is 13.7 Å². The molecule has 0 saturated carbocycles. The smallest absolute Gasteiger partial charge is 0.355 e. The zero-order chi connectivity index (χ0) is 21.1. The van der Waals surface area contributed by atoms with Gasteiger partial charge in [-0.05, 0) is 36.5 Å². The highest BCUT2D eigenvalue weighted by molar-refractivity contribution is 6.04. The molecule has 5 nitrogen and oxygen atoms in total. The van der Waals surface area contributed by atoms with E-state index in [1.54, 1.807) is 14.0 Å². The number of aromatic nitrogens is 1. The van der Waals surface area contributed by atoms with Crippen molar-refractivity contribution >= 4 is 11.8 Å². The van der Waals surface area contributed by atoms with Crippen molar-refractivity contribution in [1.82, 2.24) is 4.98 Å². The maximum absolute atomic E-state index is 13.2. The van der Waals surface area contributed by atoms with Crippen LogP contribution < -0.4 is 4.74 Å². The van der Waals surface area contributed by atoms with Gasteiger partial charge in [0.2, 0.25) is 0 Å². The lowest BCUT2D eigenvalue weighted by Crippen LogP contribution is -2.19. The molecule has 0 unspecified atom stereocenters. The minimum absolute atomic E-state index is 0.0572. The van der Waals surface area contributed by atoms with Crippen molar-refractivity contribution in [2.24, 2.45) is 0 Å². The van der Waals surface area contributed by atoms with Crippen LogP contribution in [-0.4, -0.2) is 30.5 Å².